The molecular weight excluding hydrogens is 355 g/mol. The van der Waals surface area contributed by atoms with Crippen molar-refractivity contribution in [3.8, 4) is 11.8 Å². The van der Waals surface area contributed by atoms with Crippen LogP contribution in [0.3, 0.4) is 0 Å². The van der Waals surface area contributed by atoms with E-state index in [1.54, 1.807) is 36.4 Å². The number of nitriles is 1. The van der Waals surface area contributed by atoms with Gasteiger partial charge in [0.2, 0.25) is 5.91 Å². The Labute approximate surface area is 162 Å². The molecule has 0 aromatic heterocycles. The van der Waals surface area contributed by atoms with E-state index in [9.17, 15) is 9.18 Å². The van der Waals surface area contributed by atoms with Gasteiger partial charge in [0.15, 0.2) is 5.82 Å². The number of benzene rings is 3. The smallest absolute Gasteiger partial charge is 0.248 e. The Morgan fingerprint density at radius 2 is 1.86 bits per heavy atom. The van der Waals surface area contributed by atoms with Crippen LogP contribution >= 0.6 is 0 Å². The zero-order chi connectivity index (χ0) is 19.8. The van der Waals surface area contributed by atoms with E-state index in [0.29, 0.717) is 11.1 Å². The molecule has 3 aromatic rings. The van der Waals surface area contributed by atoms with Gasteiger partial charge in [0.05, 0.1) is 11.6 Å². The van der Waals surface area contributed by atoms with Gasteiger partial charge in [-0.3, -0.25) is 4.79 Å². The van der Waals surface area contributed by atoms with Crippen molar-refractivity contribution in [1.29, 1.82) is 5.26 Å². The molecular formula is C23H17FN2O2. The van der Waals surface area contributed by atoms with Gasteiger partial charge in [-0.25, -0.2) is 4.39 Å². The fourth-order valence-electron chi connectivity index (χ4n) is 2.53. The maximum Gasteiger partial charge on any atom is 0.248 e. The number of halogens is 1. The van der Waals surface area contributed by atoms with Gasteiger partial charge in [0, 0.05) is 6.08 Å². The molecule has 0 aliphatic carbocycles. The number of nitrogens with zero attached hydrogens (tertiary/aromatic N) is 1. The first-order valence-corrected chi connectivity index (χ1v) is 8.60. The molecule has 1 amide bonds. The number of amides is 1. The van der Waals surface area contributed by atoms with Crippen molar-refractivity contribution in [2.75, 3.05) is 5.32 Å². The highest BCUT2D eigenvalue weighted by atomic mass is 19.1. The molecule has 0 radical (unpaired) electrons. The van der Waals surface area contributed by atoms with Gasteiger partial charge in [-0.2, -0.15) is 5.26 Å². The molecule has 0 fully saturated rings. The Morgan fingerprint density at radius 3 is 2.64 bits per heavy atom. The normalized spacial score (nSPS) is 10.4. The third-order valence-electron chi connectivity index (χ3n) is 3.90. The van der Waals surface area contributed by atoms with Crippen LogP contribution in [0.4, 0.5) is 10.1 Å². The molecule has 0 aliphatic heterocycles. The summed E-state index contributed by atoms with van der Waals surface area (Å²) in [4.78, 5) is 12.2. The third-order valence-corrected chi connectivity index (χ3v) is 3.90. The number of carbonyl (C=O) groups is 1. The van der Waals surface area contributed by atoms with Gasteiger partial charge in [-0.15, -0.1) is 0 Å². The van der Waals surface area contributed by atoms with Gasteiger partial charge in [0.1, 0.15) is 18.0 Å². The number of anilines is 1. The Bertz CT molecular complexity index is 1040. The number of hydrogen-bond donors (Lipinski definition) is 1. The van der Waals surface area contributed by atoms with E-state index in [4.69, 9.17) is 10.00 Å². The van der Waals surface area contributed by atoms with E-state index in [-0.39, 0.29) is 18.0 Å². The Kier molecular flexibility index (Phi) is 6.17. The van der Waals surface area contributed by atoms with E-state index in [1.165, 1.54) is 18.2 Å². The molecule has 138 valence electrons. The summed E-state index contributed by atoms with van der Waals surface area (Å²) in [6, 6.07) is 22.7. The minimum absolute atomic E-state index is 0.0149. The number of nitrogens with one attached hydrogen (secondary N) is 1. The van der Waals surface area contributed by atoms with Crippen LogP contribution in [0.1, 0.15) is 16.7 Å². The summed E-state index contributed by atoms with van der Waals surface area (Å²) in [5, 5.41) is 11.4. The zero-order valence-corrected chi connectivity index (χ0v) is 14.9. The number of para-hydroxylation sites is 1. The minimum atomic E-state index is -0.584. The first-order valence-electron chi connectivity index (χ1n) is 8.60. The van der Waals surface area contributed by atoms with Crippen LogP contribution in [0.25, 0.3) is 6.08 Å². The number of carbonyl (C=O) groups excluding carboxylic acids is 1. The lowest BCUT2D eigenvalue weighted by atomic mass is 10.1. The van der Waals surface area contributed by atoms with Crippen LogP contribution in [0.2, 0.25) is 0 Å². The maximum atomic E-state index is 14.2. The van der Waals surface area contributed by atoms with Gasteiger partial charge in [-0.1, -0.05) is 48.5 Å². The molecule has 4 nitrogen and oxygen atoms in total. The molecule has 0 spiro atoms. The summed E-state index contributed by atoms with van der Waals surface area (Å²) in [6.45, 7) is 0.254. The largest absolute Gasteiger partial charge is 0.487 e. The molecule has 1 N–H and O–H groups in total. The summed E-state index contributed by atoms with van der Waals surface area (Å²) >= 11 is 0. The van der Waals surface area contributed by atoms with Crippen molar-refractivity contribution in [1.82, 2.24) is 0 Å². The Morgan fingerprint density at radius 1 is 1.07 bits per heavy atom. The highest BCUT2D eigenvalue weighted by Gasteiger charge is 2.12. The third kappa shape index (κ3) is 5.05. The van der Waals surface area contributed by atoms with Crippen molar-refractivity contribution in [2.45, 2.75) is 6.61 Å². The second-order valence-corrected chi connectivity index (χ2v) is 5.95. The van der Waals surface area contributed by atoms with Crippen LogP contribution in [0.5, 0.6) is 5.75 Å². The monoisotopic (exact) mass is 372 g/mol. The van der Waals surface area contributed by atoms with E-state index in [2.05, 4.69) is 5.32 Å². The second kappa shape index (κ2) is 9.15. The molecule has 3 aromatic carbocycles. The topological polar surface area (TPSA) is 62.1 Å². The molecule has 0 atom stereocenters. The Hall–Kier alpha value is -3.91. The fourth-order valence-corrected chi connectivity index (χ4v) is 2.53. The molecule has 0 unspecified atom stereocenters. The highest BCUT2D eigenvalue weighted by molar-refractivity contribution is 6.02. The molecule has 0 heterocycles. The lowest BCUT2D eigenvalue weighted by molar-refractivity contribution is -0.111. The quantitative estimate of drug-likeness (QED) is 0.624. The van der Waals surface area contributed by atoms with E-state index >= 15 is 0 Å². The summed E-state index contributed by atoms with van der Waals surface area (Å²) < 4.78 is 19.9. The second-order valence-electron chi connectivity index (χ2n) is 5.95. The van der Waals surface area contributed by atoms with Gasteiger partial charge >= 0.3 is 0 Å². The summed E-state index contributed by atoms with van der Waals surface area (Å²) in [6.07, 6.45) is 2.84. The summed E-state index contributed by atoms with van der Waals surface area (Å²) in [5.74, 6) is -0.840. The molecule has 0 aliphatic rings. The average Bonchev–Trinajstić information content (AvgIpc) is 2.73. The molecule has 5 heteroatoms. The molecule has 0 saturated carbocycles. The lowest BCUT2D eigenvalue weighted by Crippen LogP contribution is -2.11. The predicted molar refractivity (Wildman–Crippen MR) is 106 cm³/mol. The summed E-state index contributed by atoms with van der Waals surface area (Å²) in [5.41, 5.74) is 2.11. The van der Waals surface area contributed by atoms with E-state index in [1.807, 2.05) is 36.4 Å². The molecule has 28 heavy (non-hydrogen) atoms. The first-order chi connectivity index (χ1) is 13.7. The summed E-state index contributed by atoms with van der Waals surface area (Å²) in [7, 11) is 0. The van der Waals surface area contributed by atoms with Crippen molar-refractivity contribution in [3.63, 3.8) is 0 Å². The molecule has 0 bridgehead atoms. The average molecular weight is 372 g/mol. The predicted octanol–water partition coefficient (Wildman–Crippen LogP) is 4.93. The molecule has 3 rings (SSSR count). The SMILES string of the molecule is N#Cc1cccc(C=CC(=O)Nc2c(F)cccc2OCc2ccccc2)c1. The van der Waals surface area contributed by atoms with Crippen LogP contribution in [0.15, 0.2) is 78.9 Å². The van der Waals surface area contributed by atoms with Crippen LogP contribution in [-0.4, -0.2) is 5.91 Å². The van der Waals surface area contributed by atoms with Crippen LogP contribution < -0.4 is 10.1 Å². The molecule has 0 saturated heterocycles. The van der Waals surface area contributed by atoms with Crippen molar-refractivity contribution < 1.29 is 13.9 Å². The fraction of sp³-hybridized carbons (Fsp3) is 0.0435. The highest BCUT2D eigenvalue weighted by Crippen LogP contribution is 2.28. The van der Waals surface area contributed by atoms with Gasteiger partial charge < -0.3 is 10.1 Å². The zero-order valence-electron chi connectivity index (χ0n) is 14.9. The van der Waals surface area contributed by atoms with Crippen LogP contribution in [0, 0.1) is 17.1 Å². The van der Waals surface area contributed by atoms with Gasteiger partial charge in [0.25, 0.3) is 0 Å². The first kappa shape index (κ1) is 18.9. The van der Waals surface area contributed by atoms with E-state index < -0.39 is 11.7 Å². The maximum absolute atomic E-state index is 14.2. The Balaban J connectivity index is 1.71. The van der Waals surface area contributed by atoms with E-state index in [0.717, 1.165) is 5.56 Å². The van der Waals surface area contributed by atoms with Crippen molar-refractivity contribution in [2.24, 2.45) is 0 Å². The number of ether oxygens (including phenoxy) is 1. The number of rotatable bonds is 6. The lowest BCUT2D eigenvalue weighted by Gasteiger charge is -2.12. The standard InChI is InChI=1S/C23H17FN2O2/c24-20-10-5-11-21(28-16-18-6-2-1-3-7-18)23(20)26-22(27)13-12-17-8-4-9-19(14-17)15-25/h1-14H,16H2,(H,26,27). The van der Waals surface area contributed by atoms with Crippen LogP contribution in [-0.2, 0) is 11.4 Å². The van der Waals surface area contributed by atoms with Crippen molar-refractivity contribution in [3.05, 3.63) is 101 Å². The van der Waals surface area contributed by atoms with Crippen molar-refractivity contribution >= 4 is 17.7 Å². The number of hydrogen-bond acceptors (Lipinski definition) is 3. The minimum Gasteiger partial charge on any atom is -0.487 e. The van der Waals surface area contributed by atoms with Gasteiger partial charge in [-0.05, 0) is 41.5 Å².